The van der Waals surface area contributed by atoms with Crippen LogP contribution in [-0.4, -0.2) is 82.5 Å². The van der Waals surface area contributed by atoms with Crippen molar-refractivity contribution >= 4 is 0 Å². The summed E-state index contributed by atoms with van der Waals surface area (Å²) in [6.45, 7) is 5.01. The lowest BCUT2D eigenvalue weighted by molar-refractivity contribution is -0.276. The molecule has 0 aromatic carbocycles. The van der Waals surface area contributed by atoms with Gasteiger partial charge in [-0.3, -0.25) is 0 Å². The van der Waals surface area contributed by atoms with Crippen molar-refractivity contribution in [3.05, 3.63) is 0 Å². The highest BCUT2D eigenvalue weighted by molar-refractivity contribution is 5.09. The summed E-state index contributed by atoms with van der Waals surface area (Å²) in [5.74, 6) is 0. The molecule has 0 aliphatic carbocycles. The maximum absolute atomic E-state index is 10.1. The van der Waals surface area contributed by atoms with Crippen LogP contribution in [-0.2, 0) is 9.47 Å². The van der Waals surface area contributed by atoms with Crippen molar-refractivity contribution in [3.63, 3.8) is 0 Å². The van der Waals surface area contributed by atoms with Crippen molar-refractivity contribution in [2.45, 2.75) is 63.8 Å². The highest BCUT2D eigenvalue weighted by Gasteiger charge is 2.60. The number of aliphatic hydroxyl groups is 5. The summed E-state index contributed by atoms with van der Waals surface area (Å²) in [5.41, 5.74) is -3.18. The van der Waals surface area contributed by atoms with Crippen molar-refractivity contribution in [2.24, 2.45) is 5.41 Å². The van der Waals surface area contributed by atoms with Crippen LogP contribution in [0.25, 0.3) is 0 Å². The second kappa shape index (κ2) is 7.82. The lowest BCUT2D eigenvalue weighted by atomic mass is 9.65. The molecule has 5 unspecified atom stereocenters. The highest BCUT2D eigenvalue weighted by Crippen LogP contribution is 2.42. The van der Waals surface area contributed by atoms with Gasteiger partial charge in [0.25, 0.3) is 0 Å². The molecule has 0 saturated carbocycles. The van der Waals surface area contributed by atoms with Crippen LogP contribution in [0.2, 0.25) is 0 Å². The molecule has 5 N–H and O–H groups in total. The molecular formula is C14H30O7. The predicted molar refractivity (Wildman–Crippen MR) is 76.8 cm³/mol. The first-order chi connectivity index (χ1) is 9.59. The third kappa shape index (κ3) is 3.24. The molecule has 5 atom stereocenters. The molecule has 0 bridgehead atoms. The molecule has 0 rings (SSSR count). The van der Waals surface area contributed by atoms with Crippen molar-refractivity contribution in [2.75, 3.05) is 20.8 Å². The third-order valence-corrected chi connectivity index (χ3v) is 4.62. The van der Waals surface area contributed by atoms with Crippen LogP contribution >= 0.6 is 0 Å². The number of aliphatic hydroxyl groups excluding tert-OH is 5. The van der Waals surface area contributed by atoms with E-state index in [0.717, 1.165) is 0 Å². The molecule has 0 heterocycles. The van der Waals surface area contributed by atoms with E-state index in [9.17, 15) is 25.5 Å². The summed E-state index contributed by atoms with van der Waals surface area (Å²) in [6.07, 6.45) is -5.90. The molecule has 0 fully saturated rings. The Morgan fingerprint density at radius 1 is 0.810 bits per heavy atom. The summed E-state index contributed by atoms with van der Waals surface area (Å²) in [6, 6.07) is 0. The van der Waals surface area contributed by atoms with Gasteiger partial charge in [-0.15, -0.1) is 0 Å². The van der Waals surface area contributed by atoms with E-state index in [1.54, 1.807) is 0 Å². The van der Waals surface area contributed by atoms with Crippen LogP contribution < -0.4 is 0 Å². The van der Waals surface area contributed by atoms with E-state index < -0.39 is 48.1 Å². The minimum Gasteiger partial charge on any atom is -0.395 e. The quantitative estimate of drug-likeness (QED) is 0.366. The van der Waals surface area contributed by atoms with E-state index in [2.05, 4.69) is 0 Å². The second-order valence-corrected chi connectivity index (χ2v) is 5.65. The summed E-state index contributed by atoms with van der Waals surface area (Å²) in [5, 5.41) is 50.4. The first kappa shape index (κ1) is 20.7. The van der Waals surface area contributed by atoms with Crippen LogP contribution in [0.15, 0.2) is 0 Å². The molecule has 0 aliphatic heterocycles. The lowest BCUT2D eigenvalue weighted by Crippen LogP contribution is -2.70. The van der Waals surface area contributed by atoms with E-state index in [-0.39, 0.29) is 0 Å². The Bertz CT molecular complexity index is 258. The van der Waals surface area contributed by atoms with Crippen LogP contribution in [0.5, 0.6) is 0 Å². The van der Waals surface area contributed by atoms with Crippen molar-refractivity contribution < 1.29 is 35.0 Å². The van der Waals surface area contributed by atoms with Gasteiger partial charge in [-0.05, 0) is 27.7 Å². The number of rotatable bonds is 9. The Hall–Kier alpha value is -0.280. The van der Waals surface area contributed by atoms with Crippen LogP contribution in [0.4, 0.5) is 0 Å². The lowest BCUT2D eigenvalue weighted by Gasteiger charge is -2.53. The Balaban J connectivity index is 6.25. The van der Waals surface area contributed by atoms with Crippen molar-refractivity contribution in [1.29, 1.82) is 0 Å². The Labute approximate surface area is 126 Å². The van der Waals surface area contributed by atoms with Gasteiger partial charge in [0, 0.05) is 14.2 Å². The fourth-order valence-electron chi connectivity index (χ4n) is 3.19. The molecule has 0 radical (unpaired) electrons. The number of ether oxygens (including phenoxy) is 2. The van der Waals surface area contributed by atoms with E-state index >= 15 is 0 Å². The van der Waals surface area contributed by atoms with Gasteiger partial charge in [0.05, 0.1) is 36.4 Å². The largest absolute Gasteiger partial charge is 0.395 e. The Morgan fingerprint density at radius 2 is 1.19 bits per heavy atom. The SMILES string of the molecule is COC(C(CO)(C(C)O)C(C)O)C(OC)(C(C)O)C(C)O. The first-order valence-corrected chi connectivity index (χ1v) is 7.00. The van der Waals surface area contributed by atoms with E-state index in [4.69, 9.17) is 9.47 Å². The molecule has 7 nitrogen and oxygen atoms in total. The molecule has 0 spiro atoms. The molecule has 128 valence electrons. The van der Waals surface area contributed by atoms with Gasteiger partial charge in [-0.25, -0.2) is 0 Å². The standard InChI is InChI=1S/C14H30O7/c1-8(16)13(7-15,9(2)17)12(20-5)14(21-6,10(3)18)11(4)19/h8-12,15-19H,7H2,1-6H3. The van der Waals surface area contributed by atoms with E-state index in [1.807, 2.05) is 0 Å². The van der Waals surface area contributed by atoms with Gasteiger partial charge < -0.3 is 35.0 Å². The monoisotopic (exact) mass is 310 g/mol. The molecule has 0 aromatic rings. The van der Waals surface area contributed by atoms with Gasteiger partial charge in [0.1, 0.15) is 11.7 Å². The summed E-state index contributed by atoms with van der Waals surface area (Å²) >= 11 is 0. The van der Waals surface area contributed by atoms with Gasteiger partial charge in [-0.2, -0.15) is 0 Å². The third-order valence-electron chi connectivity index (χ3n) is 4.62. The molecule has 0 aliphatic rings. The summed E-state index contributed by atoms with van der Waals surface area (Å²) < 4.78 is 10.7. The summed E-state index contributed by atoms with van der Waals surface area (Å²) in [7, 11) is 2.59. The van der Waals surface area contributed by atoms with Gasteiger partial charge >= 0.3 is 0 Å². The molecule has 0 saturated heterocycles. The van der Waals surface area contributed by atoms with E-state index in [1.165, 1.54) is 41.9 Å². The number of hydrogen-bond acceptors (Lipinski definition) is 7. The zero-order valence-corrected chi connectivity index (χ0v) is 13.6. The zero-order chi connectivity index (χ0) is 17.0. The zero-order valence-electron chi connectivity index (χ0n) is 13.6. The number of methoxy groups -OCH3 is 2. The smallest absolute Gasteiger partial charge is 0.145 e. The van der Waals surface area contributed by atoms with Gasteiger partial charge in [-0.1, -0.05) is 0 Å². The average Bonchev–Trinajstić information content (AvgIpc) is 2.37. The Kier molecular flexibility index (Phi) is 7.72. The molecule has 7 heteroatoms. The van der Waals surface area contributed by atoms with Crippen LogP contribution in [0.3, 0.4) is 0 Å². The molecular weight excluding hydrogens is 280 g/mol. The van der Waals surface area contributed by atoms with E-state index in [0.29, 0.717) is 0 Å². The van der Waals surface area contributed by atoms with Crippen molar-refractivity contribution in [1.82, 2.24) is 0 Å². The molecule has 21 heavy (non-hydrogen) atoms. The second-order valence-electron chi connectivity index (χ2n) is 5.65. The maximum atomic E-state index is 10.1. The summed E-state index contributed by atoms with van der Waals surface area (Å²) in [4.78, 5) is 0. The highest BCUT2D eigenvalue weighted by atomic mass is 16.6. The predicted octanol–water partition coefficient (Wildman–Crippen LogP) is -1.11. The average molecular weight is 310 g/mol. The molecule has 0 amide bonds. The first-order valence-electron chi connectivity index (χ1n) is 7.00. The fourth-order valence-corrected chi connectivity index (χ4v) is 3.19. The Morgan fingerprint density at radius 3 is 1.33 bits per heavy atom. The van der Waals surface area contributed by atoms with Crippen molar-refractivity contribution in [3.8, 4) is 0 Å². The minimum absolute atomic E-state index is 0.620. The van der Waals surface area contributed by atoms with Gasteiger partial charge in [0.2, 0.25) is 0 Å². The van der Waals surface area contributed by atoms with Crippen LogP contribution in [0.1, 0.15) is 27.7 Å². The van der Waals surface area contributed by atoms with Gasteiger partial charge in [0.15, 0.2) is 0 Å². The number of hydrogen-bond donors (Lipinski definition) is 5. The molecule has 0 aromatic heterocycles. The topological polar surface area (TPSA) is 120 Å². The minimum atomic E-state index is -1.63. The normalized spacial score (nSPS) is 25.3. The maximum Gasteiger partial charge on any atom is 0.145 e. The van der Waals surface area contributed by atoms with Crippen LogP contribution in [0, 0.1) is 5.41 Å². The fraction of sp³-hybridized carbons (Fsp3) is 1.00.